The lowest BCUT2D eigenvalue weighted by atomic mass is 9.99. The number of ether oxygens (including phenoxy) is 5. The van der Waals surface area contributed by atoms with Crippen LogP contribution in [0.5, 0.6) is 28.7 Å². The molecule has 0 aliphatic heterocycles. The molecule has 2 rings (SSSR count). The van der Waals surface area contributed by atoms with Gasteiger partial charge in [0.2, 0.25) is 5.75 Å². The van der Waals surface area contributed by atoms with Gasteiger partial charge in [-0.05, 0) is 49.1 Å². The molecule has 6 nitrogen and oxygen atoms in total. The zero-order valence-electron chi connectivity index (χ0n) is 16.6. The van der Waals surface area contributed by atoms with Gasteiger partial charge in [-0.3, -0.25) is 0 Å². The molecule has 0 bridgehead atoms. The molecule has 0 fully saturated rings. The molecular weight excluding hydrogens is 348 g/mol. The second-order valence-corrected chi connectivity index (χ2v) is 6.02. The fourth-order valence-electron chi connectivity index (χ4n) is 3.08. The molecule has 0 radical (unpaired) electrons. The molecule has 2 aromatic rings. The van der Waals surface area contributed by atoms with E-state index in [1.807, 2.05) is 18.2 Å². The Balaban J connectivity index is 2.07. The molecule has 0 amide bonds. The van der Waals surface area contributed by atoms with Gasteiger partial charge < -0.3 is 28.8 Å². The molecule has 0 spiro atoms. The minimum Gasteiger partial charge on any atom is -0.493 e. The smallest absolute Gasteiger partial charge is 0.203 e. The zero-order chi connectivity index (χ0) is 19.8. The van der Waals surface area contributed by atoms with Gasteiger partial charge in [0.15, 0.2) is 23.0 Å². The number of hydrogen-bond acceptors (Lipinski definition) is 6. The molecule has 1 unspecified atom stereocenters. The summed E-state index contributed by atoms with van der Waals surface area (Å²) < 4.78 is 26.7. The van der Waals surface area contributed by atoms with E-state index in [4.69, 9.17) is 23.7 Å². The molecule has 0 aliphatic rings. The Morgan fingerprint density at radius 1 is 0.741 bits per heavy atom. The van der Waals surface area contributed by atoms with Crippen molar-refractivity contribution < 1.29 is 28.8 Å². The maximum Gasteiger partial charge on any atom is 0.203 e. The summed E-state index contributed by atoms with van der Waals surface area (Å²) >= 11 is 0. The van der Waals surface area contributed by atoms with Gasteiger partial charge in [0, 0.05) is 5.56 Å². The Bertz CT molecular complexity index is 744. The predicted molar refractivity (Wildman–Crippen MR) is 104 cm³/mol. The number of aryl methyl sites for hydroxylation is 1. The van der Waals surface area contributed by atoms with Gasteiger partial charge in [-0.1, -0.05) is 6.07 Å². The summed E-state index contributed by atoms with van der Waals surface area (Å²) in [5, 5.41) is 10.7. The highest BCUT2D eigenvalue weighted by molar-refractivity contribution is 5.56. The van der Waals surface area contributed by atoms with Gasteiger partial charge in [0.25, 0.3) is 0 Å². The summed E-state index contributed by atoms with van der Waals surface area (Å²) in [6, 6.07) is 9.43. The molecule has 2 aromatic carbocycles. The molecule has 0 aliphatic carbocycles. The van der Waals surface area contributed by atoms with Crippen LogP contribution in [-0.4, -0.2) is 40.7 Å². The molecule has 1 atom stereocenters. The Morgan fingerprint density at radius 3 is 1.96 bits per heavy atom. The van der Waals surface area contributed by atoms with E-state index in [2.05, 4.69) is 0 Å². The van der Waals surface area contributed by atoms with E-state index in [0.717, 1.165) is 18.4 Å². The van der Waals surface area contributed by atoms with E-state index in [0.29, 0.717) is 40.7 Å². The van der Waals surface area contributed by atoms with Gasteiger partial charge >= 0.3 is 0 Å². The van der Waals surface area contributed by atoms with Crippen LogP contribution in [0.4, 0.5) is 0 Å². The van der Waals surface area contributed by atoms with Gasteiger partial charge in [-0.25, -0.2) is 0 Å². The lowest BCUT2D eigenvalue weighted by Crippen LogP contribution is -2.04. The molecule has 148 valence electrons. The van der Waals surface area contributed by atoms with Crippen LogP contribution in [-0.2, 0) is 6.42 Å². The highest BCUT2D eigenvalue weighted by Crippen LogP contribution is 2.43. The quantitative estimate of drug-likeness (QED) is 0.681. The fourth-order valence-corrected chi connectivity index (χ4v) is 3.08. The molecule has 1 N–H and O–H groups in total. The third-order valence-electron chi connectivity index (χ3n) is 4.48. The minimum atomic E-state index is -0.667. The fraction of sp³-hybridized carbons (Fsp3) is 0.429. The molecule has 0 saturated heterocycles. The SMILES string of the molecule is COc1ccc(CCCC(O)c2ccc(OC)c(OC)c2OC)cc1OC. The summed E-state index contributed by atoms with van der Waals surface area (Å²) in [6.07, 6.45) is 1.53. The van der Waals surface area contributed by atoms with Crippen molar-refractivity contribution in [1.29, 1.82) is 0 Å². The van der Waals surface area contributed by atoms with Crippen LogP contribution in [0.2, 0.25) is 0 Å². The molecule has 6 heteroatoms. The summed E-state index contributed by atoms with van der Waals surface area (Å²) in [7, 11) is 7.90. The average Bonchev–Trinajstić information content (AvgIpc) is 2.71. The van der Waals surface area contributed by atoms with Crippen molar-refractivity contribution in [2.75, 3.05) is 35.5 Å². The Hall–Kier alpha value is -2.60. The van der Waals surface area contributed by atoms with Crippen molar-refractivity contribution in [2.45, 2.75) is 25.4 Å². The molecular formula is C21H28O6. The maximum atomic E-state index is 10.7. The highest BCUT2D eigenvalue weighted by atomic mass is 16.5. The second kappa shape index (κ2) is 9.92. The van der Waals surface area contributed by atoms with Crippen LogP contribution in [0.1, 0.15) is 30.1 Å². The van der Waals surface area contributed by atoms with Gasteiger partial charge in [-0.15, -0.1) is 0 Å². The molecule has 0 heterocycles. The highest BCUT2D eigenvalue weighted by Gasteiger charge is 2.20. The first kappa shape index (κ1) is 20.7. The third-order valence-corrected chi connectivity index (χ3v) is 4.48. The lowest BCUT2D eigenvalue weighted by Gasteiger charge is -2.19. The number of aliphatic hydroxyl groups excluding tert-OH is 1. The van der Waals surface area contributed by atoms with Crippen molar-refractivity contribution in [1.82, 2.24) is 0 Å². The van der Waals surface area contributed by atoms with Crippen LogP contribution in [0.25, 0.3) is 0 Å². The van der Waals surface area contributed by atoms with Crippen LogP contribution in [0.3, 0.4) is 0 Å². The van der Waals surface area contributed by atoms with Gasteiger partial charge in [0.05, 0.1) is 41.7 Å². The average molecular weight is 376 g/mol. The number of benzene rings is 2. The first-order valence-electron chi connectivity index (χ1n) is 8.77. The predicted octanol–water partition coefficient (Wildman–Crippen LogP) is 3.79. The van der Waals surface area contributed by atoms with E-state index >= 15 is 0 Å². The lowest BCUT2D eigenvalue weighted by molar-refractivity contribution is 0.159. The number of methoxy groups -OCH3 is 5. The number of rotatable bonds is 10. The van der Waals surface area contributed by atoms with Crippen molar-refractivity contribution in [3.63, 3.8) is 0 Å². The Morgan fingerprint density at radius 2 is 1.37 bits per heavy atom. The standard InChI is InChI=1S/C21H28O6/c1-23-17-11-9-14(13-19(17)25-3)7-6-8-16(22)15-10-12-18(24-2)21(27-5)20(15)26-4/h9-13,16,22H,6-8H2,1-5H3. The maximum absolute atomic E-state index is 10.7. The van der Waals surface area contributed by atoms with Crippen LogP contribution >= 0.6 is 0 Å². The first-order valence-corrected chi connectivity index (χ1v) is 8.77. The zero-order valence-corrected chi connectivity index (χ0v) is 16.6. The van der Waals surface area contributed by atoms with Crippen molar-refractivity contribution in [2.24, 2.45) is 0 Å². The Labute approximate surface area is 160 Å². The monoisotopic (exact) mass is 376 g/mol. The number of hydrogen-bond donors (Lipinski definition) is 1. The topological polar surface area (TPSA) is 66.4 Å². The normalized spacial score (nSPS) is 11.6. The summed E-state index contributed by atoms with van der Waals surface area (Å²) in [4.78, 5) is 0. The van der Waals surface area contributed by atoms with Gasteiger partial charge in [-0.2, -0.15) is 0 Å². The van der Waals surface area contributed by atoms with Gasteiger partial charge in [0.1, 0.15) is 0 Å². The molecule has 0 saturated carbocycles. The second-order valence-electron chi connectivity index (χ2n) is 6.02. The van der Waals surface area contributed by atoms with Crippen molar-refractivity contribution >= 4 is 0 Å². The van der Waals surface area contributed by atoms with Crippen molar-refractivity contribution in [3.8, 4) is 28.7 Å². The minimum absolute atomic E-state index is 0.483. The number of aliphatic hydroxyl groups is 1. The summed E-state index contributed by atoms with van der Waals surface area (Å²) in [6.45, 7) is 0. The van der Waals surface area contributed by atoms with E-state index in [-0.39, 0.29) is 0 Å². The van der Waals surface area contributed by atoms with Crippen molar-refractivity contribution in [3.05, 3.63) is 41.5 Å². The Kier molecular flexibility index (Phi) is 7.61. The van der Waals surface area contributed by atoms with E-state index in [9.17, 15) is 5.11 Å². The van der Waals surface area contributed by atoms with Crippen LogP contribution in [0, 0.1) is 0 Å². The molecule has 27 heavy (non-hydrogen) atoms. The summed E-state index contributed by atoms with van der Waals surface area (Å²) in [5.41, 5.74) is 1.81. The molecule has 0 aromatic heterocycles. The third kappa shape index (κ3) is 4.77. The van der Waals surface area contributed by atoms with E-state index in [1.165, 1.54) is 0 Å². The largest absolute Gasteiger partial charge is 0.493 e. The van der Waals surface area contributed by atoms with Crippen LogP contribution < -0.4 is 23.7 Å². The first-order chi connectivity index (χ1) is 13.1. The van der Waals surface area contributed by atoms with Crippen LogP contribution in [0.15, 0.2) is 30.3 Å². The van der Waals surface area contributed by atoms with E-state index in [1.54, 1.807) is 47.7 Å². The summed E-state index contributed by atoms with van der Waals surface area (Å²) in [5.74, 6) is 2.95. The van der Waals surface area contributed by atoms with E-state index < -0.39 is 6.10 Å².